The molecule has 114 valence electrons. The molecule has 0 spiro atoms. The maximum absolute atomic E-state index is 13.1. The molecule has 0 aromatic carbocycles. The third kappa shape index (κ3) is 3.75. The van der Waals surface area contributed by atoms with Crippen LogP contribution < -0.4 is 10.8 Å². The van der Waals surface area contributed by atoms with E-state index >= 15 is 0 Å². The summed E-state index contributed by atoms with van der Waals surface area (Å²) in [5, 5.41) is 12.0. The van der Waals surface area contributed by atoms with Crippen LogP contribution in [0, 0.1) is 0 Å². The van der Waals surface area contributed by atoms with Gasteiger partial charge in [-0.05, 0) is 0 Å². The maximum Gasteiger partial charge on any atom is 0.400 e. The van der Waals surface area contributed by atoms with Crippen LogP contribution in [0.15, 0.2) is 12.0 Å². The van der Waals surface area contributed by atoms with Gasteiger partial charge in [-0.15, -0.1) is 0 Å². The second kappa shape index (κ2) is 5.76. The average Bonchev–Trinajstić information content (AvgIpc) is 2.70. The smallest absolute Gasteiger partial charge is 0.390 e. The molecule has 0 radical (unpaired) electrons. The number of nitrogens with one attached hydrogen (secondary N) is 1. The van der Waals surface area contributed by atoms with Gasteiger partial charge in [0.05, 0.1) is 19.3 Å². The number of carbonyl (C=O) groups excluding carboxylic acids is 1. The van der Waals surface area contributed by atoms with Crippen molar-refractivity contribution in [1.29, 1.82) is 0 Å². The van der Waals surface area contributed by atoms with E-state index < -0.39 is 44.6 Å². The second-order valence-corrected chi connectivity index (χ2v) is 5.82. The van der Waals surface area contributed by atoms with Crippen LogP contribution in [0.2, 0.25) is 0 Å². The van der Waals surface area contributed by atoms with E-state index in [4.69, 9.17) is 15.1 Å². The number of aliphatic hydroxyl groups excluding tert-OH is 1. The monoisotopic (exact) mass is 311 g/mol. The number of halogens is 1. The predicted molar refractivity (Wildman–Crippen MR) is 63.7 cm³/mol. The number of hydrogen-bond donors (Lipinski definition) is 4. The van der Waals surface area contributed by atoms with Gasteiger partial charge in [0.2, 0.25) is 0 Å². The van der Waals surface area contributed by atoms with Crippen molar-refractivity contribution < 1.29 is 33.0 Å². The van der Waals surface area contributed by atoms with Crippen molar-refractivity contribution in [3.05, 3.63) is 12.0 Å². The fraction of sp³-hybridized carbons (Fsp3) is 0.667. The number of urea groups is 1. The van der Waals surface area contributed by atoms with E-state index in [2.05, 4.69) is 9.84 Å². The van der Waals surface area contributed by atoms with Gasteiger partial charge in [-0.1, -0.05) is 0 Å². The molecule has 2 aliphatic rings. The molecule has 2 rings (SSSR count). The molecule has 11 heteroatoms. The summed E-state index contributed by atoms with van der Waals surface area (Å²) in [7, 11) is -4.17. The van der Waals surface area contributed by atoms with E-state index in [-0.39, 0.29) is 13.0 Å². The highest BCUT2D eigenvalue weighted by atomic mass is 31.2. The third-order valence-electron chi connectivity index (χ3n) is 2.86. The highest BCUT2D eigenvalue weighted by Crippen LogP contribution is 2.34. The molecule has 2 amide bonds. The minimum Gasteiger partial charge on any atom is -0.390 e. The van der Waals surface area contributed by atoms with Gasteiger partial charge in [-0.25, -0.2) is 19.3 Å². The Hall–Kier alpha value is -1.03. The lowest BCUT2D eigenvalue weighted by Gasteiger charge is -2.28. The highest BCUT2D eigenvalue weighted by Gasteiger charge is 2.40. The molecule has 0 aromatic rings. The number of aliphatic hydroxyl groups is 1. The second-order valence-electron chi connectivity index (χ2n) is 4.43. The van der Waals surface area contributed by atoms with E-state index in [9.17, 15) is 18.9 Å². The van der Waals surface area contributed by atoms with Gasteiger partial charge >= 0.3 is 13.8 Å². The SMILES string of the molecule is NP(=O)(O)OCC1O[C@@H](N2C=C(F)CNC2=O)C[C@H]1O. The van der Waals surface area contributed by atoms with Crippen molar-refractivity contribution >= 4 is 13.8 Å². The largest absolute Gasteiger partial charge is 0.400 e. The van der Waals surface area contributed by atoms with Crippen molar-refractivity contribution in [2.24, 2.45) is 5.50 Å². The molecule has 2 unspecified atom stereocenters. The Kier molecular flexibility index (Phi) is 4.43. The number of nitrogens with zero attached hydrogens (tertiary/aromatic N) is 1. The third-order valence-corrected chi connectivity index (χ3v) is 3.38. The molecule has 0 aliphatic carbocycles. The van der Waals surface area contributed by atoms with Crippen LogP contribution in [0.1, 0.15) is 6.42 Å². The van der Waals surface area contributed by atoms with Crippen LogP contribution in [0.25, 0.3) is 0 Å². The fourth-order valence-electron chi connectivity index (χ4n) is 1.94. The molecular weight excluding hydrogens is 296 g/mol. The number of hydrogen-bond acceptors (Lipinski definition) is 5. The normalized spacial score (nSPS) is 33.6. The first-order valence-electron chi connectivity index (χ1n) is 5.78. The van der Waals surface area contributed by atoms with Gasteiger partial charge < -0.3 is 20.1 Å². The molecule has 2 aliphatic heterocycles. The molecule has 5 N–H and O–H groups in total. The van der Waals surface area contributed by atoms with Gasteiger partial charge in [0.25, 0.3) is 0 Å². The summed E-state index contributed by atoms with van der Waals surface area (Å²) < 4.78 is 33.7. The summed E-state index contributed by atoms with van der Waals surface area (Å²) >= 11 is 0. The van der Waals surface area contributed by atoms with E-state index in [0.717, 1.165) is 11.1 Å². The summed E-state index contributed by atoms with van der Waals surface area (Å²) in [5.74, 6) is -0.552. The Morgan fingerprint density at radius 3 is 3.05 bits per heavy atom. The first-order chi connectivity index (χ1) is 9.26. The first kappa shape index (κ1) is 15.4. The quantitative estimate of drug-likeness (QED) is 0.508. The molecule has 0 saturated carbocycles. The zero-order valence-corrected chi connectivity index (χ0v) is 11.2. The Bertz CT molecular complexity index is 469. The van der Waals surface area contributed by atoms with Crippen molar-refractivity contribution in [3.8, 4) is 0 Å². The van der Waals surface area contributed by atoms with Gasteiger partial charge in [0, 0.05) is 12.6 Å². The van der Waals surface area contributed by atoms with Gasteiger partial charge in [-0.3, -0.25) is 9.42 Å². The Morgan fingerprint density at radius 2 is 2.40 bits per heavy atom. The van der Waals surface area contributed by atoms with Crippen molar-refractivity contribution in [2.75, 3.05) is 13.2 Å². The van der Waals surface area contributed by atoms with E-state index in [1.54, 1.807) is 0 Å². The van der Waals surface area contributed by atoms with Crippen molar-refractivity contribution in [2.45, 2.75) is 24.9 Å². The van der Waals surface area contributed by atoms with E-state index in [1.165, 1.54) is 0 Å². The number of carbonyl (C=O) groups is 1. The van der Waals surface area contributed by atoms with Crippen molar-refractivity contribution in [1.82, 2.24) is 10.2 Å². The van der Waals surface area contributed by atoms with Crippen LogP contribution in [-0.2, 0) is 13.8 Å². The molecular formula is C9H15FN3O6P. The lowest BCUT2D eigenvalue weighted by Crippen LogP contribution is -2.46. The number of rotatable bonds is 4. The Labute approximate surface area is 113 Å². The fourth-order valence-corrected chi connectivity index (χ4v) is 2.30. The summed E-state index contributed by atoms with van der Waals surface area (Å²) in [5.41, 5.74) is 4.79. The summed E-state index contributed by atoms with van der Waals surface area (Å²) in [6.45, 7) is -0.610. The lowest BCUT2D eigenvalue weighted by atomic mass is 10.2. The molecule has 2 heterocycles. The molecule has 20 heavy (non-hydrogen) atoms. The van der Waals surface area contributed by atoms with Gasteiger partial charge in [-0.2, -0.15) is 0 Å². The lowest BCUT2D eigenvalue weighted by molar-refractivity contribution is -0.0513. The summed E-state index contributed by atoms with van der Waals surface area (Å²) in [4.78, 5) is 21.3. The van der Waals surface area contributed by atoms with E-state index in [1.807, 2.05) is 0 Å². The number of nitrogens with two attached hydrogens (primary N) is 1. The van der Waals surface area contributed by atoms with Crippen LogP contribution in [0.3, 0.4) is 0 Å². The minimum atomic E-state index is -4.17. The number of ether oxygens (including phenoxy) is 1. The maximum atomic E-state index is 13.1. The van der Waals surface area contributed by atoms with Crippen molar-refractivity contribution in [3.63, 3.8) is 0 Å². The minimum absolute atomic E-state index is 0.0194. The molecule has 0 aromatic heterocycles. The molecule has 0 bridgehead atoms. The van der Waals surface area contributed by atoms with Gasteiger partial charge in [0.1, 0.15) is 18.2 Å². The first-order valence-corrected chi connectivity index (χ1v) is 7.43. The predicted octanol–water partition coefficient (Wildman–Crippen LogP) is -0.626. The van der Waals surface area contributed by atoms with Crippen LogP contribution >= 0.6 is 7.75 Å². The molecule has 9 nitrogen and oxygen atoms in total. The Morgan fingerprint density at radius 1 is 1.70 bits per heavy atom. The van der Waals surface area contributed by atoms with Crippen LogP contribution in [-0.4, -0.2) is 52.5 Å². The topological polar surface area (TPSA) is 134 Å². The zero-order chi connectivity index (χ0) is 14.9. The zero-order valence-electron chi connectivity index (χ0n) is 10.3. The summed E-state index contributed by atoms with van der Waals surface area (Å²) in [6, 6.07) is -0.558. The standard InChI is InChI=1S/C9H15FN3O6P/c10-5-2-12-9(15)13(3-5)8-1-6(14)7(19-8)4-18-20(11,16)17/h3,6-8,14H,1-2,4H2,(H,12,15)(H3,11,16,17)/t6-,7?,8-/m1/s1. The Balaban J connectivity index is 1.97. The molecule has 4 atom stereocenters. The molecule has 1 saturated heterocycles. The highest BCUT2D eigenvalue weighted by molar-refractivity contribution is 7.50. The molecule has 1 fully saturated rings. The average molecular weight is 311 g/mol. The van der Waals surface area contributed by atoms with Crippen LogP contribution in [0.4, 0.5) is 9.18 Å². The van der Waals surface area contributed by atoms with Crippen LogP contribution in [0.5, 0.6) is 0 Å². The number of amides is 2. The van der Waals surface area contributed by atoms with Gasteiger partial charge in [0.15, 0.2) is 0 Å². The summed E-state index contributed by atoms with van der Waals surface area (Å²) in [6.07, 6.45) is -1.85. The van der Waals surface area contributed by atoms with E-state index in [0.29, 0.717) is 0 Å².